The van der Waals surface area contributed by atoms with E-state index in [2.05, 4.69) is 12.2 Å². The molecule has 122 valence electrons. The Hall–Kier alpha value is -1.71. The number of methoxy groups -OCH3 is 1. The molecule has 2 fully saturated rings. The third-order valence-electron chi connectivity index (χ3n) is 6.77. The lowest BCUT2D eigenvalue weighted by molar-refractivity contribution is -0.179. The molecule has 4 aliphatic rings. The number of ketones is 2. The van der Waals surface area contributed by atoms with Crippen molar-refractivity contribution in [3.05, 3.63) is 24.3 Å². The van der Waals surface area contributed by atoms with Crippen molar-refractivity contribution in [2.75, 3.05) is 7.11 Å². The molecule has 8 atom stereocenters. The highest BCUT2D eigenvalue weighted by Gasteiger charge is 2.70. The SMILES string of the molecule is COC(=O)[C@]12C(=O)C3C4C=C[C@H](C4)C3C(=O)[C@@H]1[C@@H](C)C=C[C@H]2C. The summed E-state index contributed by atoms with van der Waals surface area (Å²) in [7, 11) is 1.31. The second-order valence-corrected chi connectivity index (χ2v) is 7.64. The molecule has 23 heavy (non-hydrogen) atoms. The maximum absolute atomic E-state index is 13.5. The molecule has 4 aliphatic carbocycles. The van der Waals surface area contributed by atoms with Crippen LogP contribution in [0.5, 0.6) is 0 Å². The first-order valence-electron chi connectivity index (χ1n) is 8.47. The Kier molecular flexibility index (Phi) is 3.00. The maximum Gasteiger partial charge on any atom is 0.320 e. The Morgan fingerprint density at radius 3 is 2.39 bits per heavy atom. The van der Waals surface area contributed by atoms with Crippen LogP contribution in [0.1, 0.15) is 20.3 Å². The van der Waals surface area contributed by atoms with E-state index in [9.17, 15) is 14.4 Å². The van der Waals surface area contributed by atoms with Crippen LogP contribution in [-0.4, -0.2) is 24.6 Å². The van der Waals surface area contributed by atoms with Crippen LogP contribution in [0.4, 0.5) is 0 Å². The van der Waals surface area contributed by atoms with Gasteiger partial charge < -0.3 is 4.74 Å². The van der Waals surface area contributed by atoms with Gasteiger partial charge in [0.05, 0.1) is 7.11 Å². The van der Waals surface area contributed by atoms with Crippen molar-refractivity contribution in [1.82, 2.24) is 0 Å². The lowest BCUT2D eigenvalue weighted by Crippen LogP contribution is -2.64. The van der Waals surface area contributed by atoms with E-state index in [-0.39, 0.29) is 47.1 Å². The van der Waals surface area contributed by atoms with Crippen molar-refractivity contribution in [2.24, 2.45) is 46.8 Å². The summed E-state index contributed by atoms with van der Waals surface area (Å²) in [6, 6.07) is 0. The lowest BCUT2D eigenvalue weighted by Gasteiger charge is -2.51. The van der Waals surface area contributed by atoms with Crippen molar-refractivity contribution in [3.63, 3.8) is 0 Å². The summed E-state index contributed by atoms with van der Waals surface area (Å²) in [5.41, 5.74) is -1.33. The number of hydrogen-bond acceptors (Lipinski definition) is 4. The highest BCUT2D eigenvalue weighted by molar-refractivity contribution is 6.14. The molecule has 0 radical (unpaired) electrons. The Morgan fingerprint density at radius 2 is 1.74 bits per heavy atom. The van der Waals surface area contributed by atoms with Crippen LogP contribution in [0.3, 0.4) is 0 Å². The summed E-state index contributed by atoms with van der Waals surface area (Å²) in [4.78, 5) is 39.6. The van der Waals surface area contributed by atoms with Crippen LogP contribution in [-0.2, 0) is 19.1 Å². The van der Waals surface area contributed by atoms with E-state index in [0.29, 0.717) is 0 Å². The zero-order chi connectivity index (χ0) is 16.5. The summed E-state index contributed by atoms with van der Waals surface area (Å²) >= 11 is 0. The zero-order valence-electron chi connectivity index (χ0n) is 13.7. The Morgan fingerprint density at radius 1 is 1.09 bits per heavy atom. The monoisotopic (exact) mass is 314 g/mol. The fraction of sp³-hybridized carbons (Fsp3) is 0.632. The first-order valence-corrected chi connectivity index (χ1v) is 8.47. The molecular formula is C19H22O4. The molecule has 0 amide bonds. The molecule has 0 aromatic heterocycles. The van der Waals surface area contributed by atoms with Crippen LogP contribution in [0.25, 0.3) is 0 Å². The number of hydrogen-bond donors (Lipinski definition) is 0. The standard InChI is InChI=1S/C19H22O4/c1-9-4-5-10(2)19(18(22)23-3)15(9)16(20)13-11-6-7-12(8-11)14(13)17(19)21/h4-7,9-15H,8H2,1-3H3/t9-,10+,11+,12?,13?,14?,15-,19-/m0/s1. The molecule has 4 heteroatoms. The Bertz CT molecular complexity index is 660. The molecule has 0 heterocycles. The predicted molar refractivity (Wildman–Crippen MR) is 83.1 cm³/mol. The van der Waals surface area contributed by atoms with Crippen molar-refractivity contribution < 1.29 is 19.1 Å². The molecule has 2 bridgehead atoms. The summed E-state index contributed by atoms with van der Waals surface area (Å²) in [5, 5.41) is 0. The van der Waals surface area contributed by atoms with Crippen LogP contribution >= 0.6 is 0 Å². The van der Waals surface area contributed by atoms with Gasteiger partial charge in [-0.3, -0.25) is 14.4 Å². The molecule has 0 aromatic rings. The van der Waals surface area contributed by atoms with Gasteiger partial charge in [0, 0.05) is 17.8 Å². The number of ether oxygens (including phenoxy) is 1. The van der Waals surface area contributed by atoms with Crippen LogP contribution < -0.4 is 0 Å². The van der Waals surface area contributed by atoms with Crippen molar-refractivity contribution in [3.8, 4) is 0 Å². The topological polar surface area (TPSA) is 60.4 Å². The summed E-state index contributed by atoms with van der Waals surface area (Å²) in [6.07, 6.45) is 8.91. The molecule has 0 aromatic carbocycles. The molecule has 0 saturated heterocycles. The molecule has 0 N–H and O–H groups in total. The molecule has 3 unspecified atom stereocenters. The number of rotatable bonds is 1. The zero-order valence-corrected chi connectivity index (χ0v) is 13.7. The molecule has 4 nitrogen and oxygen atoms in total. The van der Waals surface area contributed by atoms with Crippen LogP contribution in [0.15, 0.2) is 24.3 Å². The van der Waals surface area contributed by atoms with Gasteiger partial charge in [-0.2, -0.15) is 0 Å². The predicted octanol–water partition coefficient (Wildman–Crippen LogP) is 2.19. The van der Waals surface area contributed by atoms with Gasteiger partial charge in [0.15, 0.2) is 5.78 Å². The Labute approximate surface area is 136 Å². The van der Waals surface area contributed by atoms with E-state index in [0.717, 1.165) is 6.42 Å². The van der Waals surface area contributed by atoms with Gasteiger partial charge in [-0.15, -0.1) is 0 Å². The van der Waals surface area contributed by atoms with E-state index in [1.165, 1.54) is 7.11 Å². The Balaban J connectivity index is 1.93. The average Bonchev–Trinajstić information content (AvgIpc) is 3.15. The van der Waals surface area contributed by atoms with E-state index >= 15 is 0 Å². The molecular weight excluding hydrogens is 292 g/mol. The van der Waals surface area contributed by atoms with Gasteiger partial charge in [-0.05, 0) is 30.1 Å². The summed E-state index contributed by atoms with van der Waals surface area (Å²) in [5.74, 6) is -1.80. The average molecular weight is 314 g/mol. The highest BCUT2D eigenvalue weighted by atomic mass is 16.5. The van der Waals surface area contributed by atoms with Gasteiger partial charge in [-0.1, -0.05) is 38.2 Å². The first-order chi connectivity index (χ1) is 10.9. The minimum Gasteiger partial charge on any atom is -0.468 e. The molecule has 2 saturated carbocycles. The maximum atomic E-state index is 13.5. The minimum atomic E-state index is -1.33. The fourth-order valence-electron chi connectivity index (χ4n) is 5.80. The molecule has 4 rings (SSSR count). The van der Waals surface area contributed by atoms with Gasteiger partial charge in [0.1, 0.15) is 11.2 Å². The van der Waals surface area contributed by atoms with Gasteiger partial charge >= 0.3 is 5.97 Å². The number of Topliss-reactive ketones (excluding diaryl/α,β-unsaturated/α-hetero) is 2. The summed E-state index contributed by atoms with van der Waals surface area (Å²) < 4.78 is 5.05. The van der Waals surface area contributed by atoms with Gasteiger partial charge in [0.25, 0.3) is 0 Å². The number of esters is 1. The highest BCUT2D eigenvalue weighted by Crippen LogP contribution is 2.61. The minimum absolute atomic E-state index is 0.0560. The number of fused-ring (bicyclic) bond motifs is 6. The third-order valence-corrected chi connectivity index (χ3v) is 6.77. The molecule has 0 aliphatic heterocycles. The molecule has 0 spiro atoms. The smallest absolute Gasteiger partial charge is 0.320 e. The van der Waals surface area contributed by atoms with E-state index in [1.54, 1.807) is 0 Å². The van der Waals surface area contributed by atoms with Crippen LogP contribution in [0.2, 0.25) is 0 Å². The number of carbonyl (C=O) groups is 3. The van der Waals surface area contributed by atoms with E-state index in [1.807, 2.05) is 26.0 Å². The van der Waals surface area contributed by atoms with Crippen molar-refractivity contribution in [1.29, 1.82) is 0 Å². The fourth-order valence-corrected chi connectivity index (χ4v) is 5.80. The van der Waals surface area contributed by atoms with Crippen molar-refractivity contribution >= 4 is 17.5 Å². The lowest BCUT2D eigenvalue weighted by atomic mass is 9.48. The van der Waals surface area contributed by atoms with Crippen LogP contribution in [0, 0.1) is 46.8 Å². The third kappa shape index (κ3) is 1.54. The summed E-state index contributed by atoms with van der Waals surface area (Å²) in [6.45, 7) is 3.79. The van der Waals surface area contributed by atoms with Crippen molar-refractivity contribution in [2.45, 2.75) is 20.3 Å². The number of allylic oxidation sites excluding steroid dienone is 4. The number of carbonyl (C=O) groups excluding carboxylic acids is 3. The van der Waals surface area contributed by atoms with Gasteiger partial charge in [-0.25, -0.2) is 0 Å². The van der Waals surface area contributed by atoms with Gasteiger partial charge in [0.2, 0.25) is 0 Å². The van der Waals surface area contributed by atoms with E-state index in [4.69, 9.17) is 4.74 Å². The second kappa shape index (κ2) is 4.65. The normalized spacial score (nSPS) is 50.0. The quantitative estimate of drug-likeness (QED) is 0.423. The van der Waals surface area contributed by atoms with E-state index < -0.39 is 17.3 Å². The first kappa shape index (κ1) is 14.9. The second-order valence-electron chi connectivity index (χ2n) is 7.64. The largest absolute Gasteiger partial charge is 0.468 e.